The summed E-state index contributed by atoms with van der Waals surface area (Å²) < 4.78 is 20.9. The quantitative estimate of drug-likeness (QED) is 0.278. The van der Waals surface area contributed by atoms with Crippen molar-refractivity contribution in [3.63, 3.8) is 0 Å². The number of rotatable bonds is 7. The van der Waals surface area contributed by atoms with Gasteiger partial charge in [0.05, 0.1) is 14.6 Å². The van der Waals surface area contributed by atoms with Crippen molar-refractivity contribution in [1.82, 2.24) is 10.2 Å². The van der Waals surface area contributed by atoms with E-state index in [0.29, 0.717) is 26.9 Å². The minimum Gasteiger partial charge on any atom is -0.487 e. The standard InChI is InChI=1S/C25H18Br2FN3O4/c26-17-10-16(11-18(27)23(17)35-14-15-6-2-1-3-7-15)12-21-24(33)31(25(34)30-21)13-22(32)29-20-9-5-4-8-19(20)28/h1-12H,13-14H2,(H,29,32)(H,30,34)/b21-12+. The van der Waals surface area contributed by atoms with Crippen molar-refractivity contribution in [2.24, 2.45) is 0 Å². The zero-order chi connectivity index (χ0) is 24.9. The third-order valence-corrected chi connectivity index (χ3v) is 6.15. The molecular formula is C25H18Br2FN3O4. The van der Waals surface area contributed by atoms with Crippen LogP contribution in [0.2, 0.25) is 0 Å². The van der Waals surface area contributed by atoms with E-state index in [1.165, 1.54) is 24.3 Å². The summed E-state index contributed by atoms with van der Waals surface area (Å²) in [5.74, 6) is -1.41. The molecule has 1 aliphatic rings. The Balaban J connectivity index is 1.44. The van der Waals surface area contributed by atoms with Crippen LogP contribution in [0.3, 0.4) is 0 Å². The van der Waals surface area contributed by atoms with Gasteiger partial charge in [-0.25, -0.2) is 14.1 Å². The number of anilines is 1. The fourth-order valence-electron chi connectivity index (χ4n) is 3.31. The summed E-state index contributed by atoms with van der Waals surface area (Å²) in [5.41, 5.74) is 1.59. The molecule has 0 saturated carbocycles. The Morgan fingerprint density at radius 3 is 2.37 bits per heavy atom. The largest absolute Gasteiger partial charge is 0.487 e. The number of nitrogens with zero attached hydrogens (tertiary/aromatic N) is 1. The summed E-state index contributed by atoms with van der Waals surface area (Å²) in [6.07, 6.45) is 1.49. The molecule has 1 saturated heterocycles. The minimum absolute atomic E-state index is 0.00504. The van der Waals surface area contributed by atoms with Gasteiger partial charge in [0.2, 0.25) is 5.91 Å². The molecular weight excluding hydrogens is 585 g/mol. The predicted molar refractivity (Wildman–Crippen MR) is 136 cm³/mol. The molecule has 4 amide bonds. The fourth-order valence-corrected chi connectivity index (χ4v) is 4.76. The normalized spacial score (nSPS) is 14.3. The van der Waals surface area contributed by atoms with E-state index in [4.69, 9.17) is 4.74 Å². The Kier molecular flexibility index (Phi) is 7.62. The Bertz CT molecular complexity index is 1310. The summed E-state index contributed by atoms with van der Waals surface area (Å²) in [4.78, 5) is 38.1. The van der Waals surface area contributed by atoms with E-state index in [2.05, 4.69) is 42.5 Å². The molecule has 3 aromatic carbocycles. The van der Waals surface area contributed by atoms with Crippen molar-refractivity contribution in [1.29, 1.82) is 0 Å². The first-order valence-electron chi connectivity index (χ1n) is 10.4. The number of benzene rings is 3. The van der Waals surface area contributed by atoms with E-state index in [0.717, 1.165) is 10.5 Å². The molecule has 4 rings (SSSR count). The number of carbonyl (C=O) groups is 3. The highest BCUT2D eigenvalue weighted by molar-refractivity contribution is 9.11. The van der Waals surface area contributed by atoms with Gasteiger partial charge in [0, 0.05) is 0 Å². The lowest BCUT2D eigenvalue weighted by atomic mass is 10.2. The number of para-hydroxylation sites is 1. The smallest absolute Gasteiger partial charge is 0.329 e. The van der Waals surface area contributed by atoms with Crippen LogP contribution in [0.5, 0.6) is 5.75 Å². The Hall–Kier alpha value is -3.50. The summed E-state index contributed by atoms with van der Waals surface area (Å²) >= 11 is 6.96. The highest BCUT2D eigenvalue weighted by Crippen LogP contribution is 2.36. The molecule has 0 aromatic heterocycles. The first-order chi connectivity index (χ1) is 16.8. The van der Waals surface area contributed by atoms with Gasteiger partial charge in [-0.2, -0.15) is 0 Å². The number of hydrogen-bond donors (Lipinski definition) is 2. The van der Waals surface area contributed by atoms with Crippen molar-refractivity contribution in [2.45, 2.75) is 6.61 Å². The van der Waals surface area contributed by atoms with Crippen LogP contribution >= 0.6 is 31.9 Å². The molecule has 0 unspecified atom stereocenters. The van der Waals surface area contributed by atoms with Gasteiger partial charge in [-0.05, 0) is 73.3 Å². The Morgan fingerprint density at radius 1 is 1.03 bits per heavy atom. The number of hydrogen-bond acceptors (Lipinski definition) is 4. The fraction of sp³-hybridized carbons (Fsp3) is 0.0800. The summed E-state index contributed by atoms with van der Waals surface area (Å²) in [6, 6.07) is 18.1. The molecule has 35 heavy (non-hydrogen) atoms. The van der Waals surface area contributed by atoms with Gasteiger partial charge in [0.25, 0.3) is 5.91 Å². The Morgan fingerprint density at radius 2 is 1.69 bits per heavy atom. The average molecular weight is 603 g/mol. The maximum atomic E-state index is 13.7. The van der Waals surface area contributed by atoms with Crippen molar-refractivity contribution in [3.8, 4) is 5.75 Å². The second kappa shape index (κ2) is 10.8. The van der Waals surface area contributed by atoms with Gasteiger partial charge in [0.1, 0.15) is 30.4 Å². The second-order valence-electron chi connectivity index (χ2n) is 7.50. The van der Waals surface area contributed by atoms with Crippen LogP contribution in [0.4, 0.5) is 14.9 Å². The van der Waals surface area contributed by atoms with Crippen LogP contribution in [0.15, 0.2) is 81.4 Å². The number of nitrogens with one attached hydrogen (secondary N) is 2. The van der Waals surface area contributed by atoms with Crippen molar-refractivity contribution < 1.29 is 23.5 Å². The third-order valence-electron chi connectivity index (χ3n) is 4.97. The molecule has 2 N–H and O–H groups in total. The van der Waals surface area contributed by atoms with Crippen LogP contribution in [0.1, 0.15) is 11.1 Å². The number of ether oxygens (including phenoxy) is 1. The third kappa shape index (κ3) is 5.95. The number of amides is 4. The van der Waals surface area contributed by atoms with E-state index in [-0.39, 0.29) is 11.4 Å². The van der Waals surface area contributed by atoms with Crippen molar-refractivity contribution in [2.75, 3.05) is 11.9 Å². The molecule has 0 atom stereocenters. The van der Waals surface area contributed by atoms with Crippen LogP contribution in [-0.4, -0.2) is 29.3 Å². The lowest BCUT2D eigenvalue weighted by Gasteiger charge is -2.12. The molecule has 178 valence electrons. The highest BCUT2D eigenvalue weighted by atomic mass is 79.9. The summed E-state index contributed by atoms with van der Waals surface area (Å²) in [5, 5.41) is 4.82. The van der Waals surface area contributed by atoms with Crippen LogP contribution in [-0.2, 0) is 16.2 Å². The van der Waals surface area contributed by atoms with Crippen LogP contribution in [0, 0.1) is 5.82 Å². The van der Waals surface area contributed by atoms with Crippen LogP contribution < -0.4 is 15.4 Å². The van der Waals surface area contributed by atoms with E-state index in [1.807, 2.05) is 30.3 Å². The molecule has 0 bridgehead atoms. The van der Waals surface area contributed by atoms with Crippen LogP contribution in [0.25, 0.3) is 6.08 Å². The monoisotopic (exact) mass is 601 g/mol. The van der Waals surface area contributed by atoms with Crippen molar-refractivity contribution >= 4 is 61.5 Å². The zero-order valence-corrected chi connectivity index (χ0v) is 21.2. The van der Waals surface area contributed by atoms with Gasteiger partial charge in [-0.1, -0.05) is 42.5 Å². The summed E-state index contributed by atoms with van der Waals surface area (Å²) in [6.45, 7) is -0.188. The van der Waals surface area contributed by atoms with Gasteiger partial charge >= 0.3 is 6.03 Å². The molecule has 0 aliphatic carbocycles. The topological polar surface area (TPSA) is 87.7 Å². The molecule has 3 aromatic rings. The zero-order valence-electron chi connectivity index (χ0n) is 18.1. The van der Waals surface area contributed by atoms with Gasteiger partial charge in [0.15, 0.2) is 0 Å². The van der Waals surface area contributed by atoms with Crippen molar-refractivity contribution in [3.05, 3.63) is 98.3 Å². The number of halogens is 3. The van der Waals surface area contributed by atoms with E-state index < -0.39 is 30.2 Å². The lowest BCUT2D eigenvalue weighted by molar-refractivity contribution is -0.127. The minimum atomic E-state index is -0.745. The second-order valence-corrected chi connectivity index (χ2v) is 9.20. The maximum absolute atomic E-state index is 13.7. The van der Waals surface area contributed by atoms with Gasteiger partial charge in [-0.15, -0.1) is 0 Å². The Labute approximate surface area is 217 Å². The van der Waals surface area contributed by atoms with E-state index in [1.54, 1.807) is 18.2 Å². The first-order valence-corrected chi connectivity index (χ1v) is 11.9. The molecule has 1 fully saturated rings. The van der Waals surface area contributed by atoms with E-state index in [9.17, 15) is 18.8 Å². The van der Waals surface area contributed by atoms with Gasteiger partial charge < -0.3 is 15.4 Å². The molecule has 1 aliphatic heterocycles. The average Bonchev–Trinajstić information content (AvgIpc) is 3.08. The molecule has 0 radical (unpaired) electrons. The maximum Gasteiger partial charge on any atom is 0.329 e. The number of carbonyl (C=O) groups excluding carboxylic acids is 3. The number of imide groups is 1. The SMILES string of the molecule is O=C(CN1C(=O)N/C(=C/c2cc(Br)c(OCc3ccccc3)c(Br)c2)C1=O)Nc1ccccc1F. The molecule has 7 nitrogen and oxygen atoms in total. The number of urea groups is 1. The van der Waals surface area contributed by atoms with E-state index >= 15 is 0 Å². The first kappa shape index (κ1) is 24.6. The molecule has 10 heteroatoms. The molecule has 1 heterocycles. The lowest BCUT2D eigenvalue weighted by Crippen LogP contribution is -2.38. The predicted octanol–water partition coefficient (Wildman–Crippen LogP) is 5.46. The van der Waals surface area contributed by atoms with Gasteiger partial charge in [-0.3, -0.25) is 9.59 Å². The summed E-state index contributed by atoms with van der Waals surface area (Å²) in [7, 11) is 0. The highest BCUT2D eigenvalue weighted by Gasteiger charge is 2.35. The molecule has 0 spiro atoms.